The quantitative estimate of drug-likeness (QED) is 0.396. The van der Waals surface area contributed by atoms with E-state index in [1.807, 2.05) is 18.2 Å². The molecule has 0 fully saturated rings. The van der Waals surface area contributed by atoms with Crippen LogP contribution in [0.3, 0.4) is 0 Å². The summed E-state index contributed by atoms with van der Waals surface area (Å²) in [5, 5.41) is 9.86. The minimum Gasteiger partial charge on any atom is -0.508 e. The van der Waals surface area contributed by atoms with Gasteiger partial charge in [0.2, 0.25) is 0 Å². The molecule has 0 bridgehead atoms. The molecule has 2 rings (SSSR count). The zero-order valence-corrected chi connectivity index (χ0v) is 19.3. The minimum absolute atomic E-state index is 0. The molecule has 1 N–H and O–H groups in total. The third kappa shape index (κ3) is 16.9. The van der Waals surface area contributed by atoms with Gasteiger partial charge in [-0.15, -0.1) is 31.2 Å². The molecule has 23 heavy (non-hydrogen) atoms. The van der Waals surface area contributed by atoms with E-state index < -0.39 is 0 Å². The van der Waals surface area contributed by atoms with Gasteiger partial charge in [-0.05, 0) is 29.2 Å². The van der Waals surface area contributed by atoms with Crippen molar-refractivity contribution in [2.45, 2.75) is 32.6 Å². The Balaban J connectivity index is -0.0000000582. The van der Waals surface area contributed by atoms with E-state index in [-0.39, 0.29) is 83.5 Å². The van der Waals surface area contributed by atoms with E-state index in [0.29, 0.717) is 5.02 Å². The Kier molecular flexibility index (Phi) is 31.4. The van der Waals surface area contributed by atoms with Crippen LogP contribution in [0, 0.1) is 20.9 Å². The van der Waals surface area contributed by atoms with Crippen molar-refractivity contribution in [3.8, 4) is 5.75 Å². The van der Waals surface area contributed by atoms with Crippen molar-refractivity contribution in [3.63, 3.8) is 0 Å². The molecule has 1 aromatic rings. The molecule has 1 aromatic carbocycles. The van der Waals surface area contributed by atoms with Crippen molar-refractivity contribution >= 4 is 47.4 Å². The largest absolute Gasteiger partial charge is 3.00 e. The van der Waals surface area contributed by atoms with Gasteiger partial charge in [0.25, 0.3) is 0 Å². The summed E-state index contributed by atoms with van der Waals surface area (Å²) in [7, 11) is 0. The van der Waals surface area contributed by atoms with Crippen LogP contribution in [0.4, 0.5) is 0 Å². The van der Waals surface area contributed by atoms with Crippen molar-refractivity contribution in [2.75, 3.05) is 0 Å². The summed E-state index contributed by atoms with van der Waals surface area (Å²) >= 11 is 5.80. The van der Waals surface area contributed by atoms with E-state index in [1.165, 1.54) is 6.07 Å². The Morgan fingerprint density at radius 2 is 1.61 bits per heavy atom. The number of rotatable bonds is 0. The third-order valence-electron chi connectivity index (χ3n) is 2.33. The second-order valence-corrected chi connectivity index (χ2v) is 5.39. The Hall–Kier alpha value is 0.301. The standard InChI is InChI=1S/C10H13ClO.C5H5.2CH3.2ClH.Si.Ti/c1-10(2,3)7-4-8(11)6-9(12)5-7;1-2-4-5-3-1;;;;;;/h4-6,12H,1-3H3;1-3H,4H2;2*1H3;2*1H;;/q;3*-1;;;;+3. The van der Waals surface area contributed by atoms with E-state index in [2.05, 4.69) is 32.9 Å². The average Bonchev–Trinajstić information content (AvgIpc) is 2.72. The molecule has 0 unspecified atom stereocenters. The molecule has 0 saturated carbocycles. The predicted molar refractivity (Wildman–Crippen MR) is 106 cm³/mol. The zero-order chi connectivity index (χ0) is 12.9. The Morgan fingerprint density at radius 3 is 1.87 bits per heavy atom. The maximum absolute atomic E-state index is 9.27. The normalized spacial score (nSPS) is 9.91. The molecule has 5 radical (unpaired) electrons. The van der Waals surface area contributed by atoms with Gasteiger partial charge >= 0.3 is 21.7 Å². The number of aromatic hydroxyl groups is 1. The topological polar surface area (TPSA) is 20.2 Å². The van der Waals surface area contributed by atoms with Crippen LogP contribution >= 0.6 is 36.4 Å². The molecule has 6 heteroatoms. The van der Waals surface area contributed by atoms with Crippen LogP contribution in [-0.2, 0) is 27.1 Å². The first-order valence-corrected chi connectivity index (χ1v) is 5.99. The van der Waals surface area contributed by atoms with E-state index >= 15 is 0 Å². The molecule has 0 amide bonds. The zero-order valence-electron chi connectivity index (χ0n) is 14.3. The van der Waals surface area contributed by atoms with Gasteiger partial charge in [-0.3, -0.25) is 6.08 Å². The fraction of sp³-hybridized carbons (Fsp3) is 0.294. The van der Waals surface area contributed by atoms with Gasteiger partial charge in [0.05, 0.1) is 0 Å². The van der Waals surface area contributed by atoms with Crippen LogP contribution in [0.15, 0.2) is 36.4 Å². The number of allylic oxidation sites excluding steroid dienone is 4. The maximum atomic E-state index is 9.27. The number of phenolic OH excluding ortho intramolecular Hbond substituents is 1. The second kappa shape index (κ2) is 18.6. The van der Waals surface area contributed by atoms with Crippen LogP contribution < -0.4 is 0 Å². The van der Waals surface area contributed by atoms with E-state index in [9.17, 15) is 5.11 Å². The first kappa shape index (κ1) is 38.7. The molecule has 0 aromatic heterocycles. The number of halogens is 3. The van der Waals surface area contributed by atoms with Crippen LogP contribution in [0.1, 0.15) is 32.8 Å². The molecule has 129 valence electrons. The van der Waals surface area contributed by atoms with E-state index in [1.54, 1.807) is 6.07 Å². The maximum Gasteiger partial charge on any atom is 3.00 e. The van der Waals surface area contributed by atoms with Crippen LogP contribution in [0.25, 0.3) is 0 Å². The van der Waals surface area contributed by atoms with Crippen LogP contribution in [0.2, 0.25) is 5.02 Å². The van der Waals surface area contributed by atoms with Crippen molar-refractivity contribution in [1.29, 1.82) is 0 Å². The summed E-state index contributed by atoms with van der Waals surface area (Å²) in [5.74, 6) is 0.229. The number of hydrogen-bond donors (Lipinski definition) is 1. The molecule has 0 spiro atoms. The van der Waals surface area contributed by atoms with Gasteiger partial charge in [-0.25, -0.2) is 12.2 Å². The second-order valence-electron chi connectivity index (χ2n) is 4.95. The van der Waals surface area contributed by atoms with Crippen molar-refractivity contribution in [2.24, 2.45) is 0 Å². The van der Waals surface area contributed by atoms with E-state index in [0.717, 1.165) is 12.0 Å². The molecular weight excluding hydrogens is 402 g/mol. The smallest absolute Gasteiger partial charge is 0.508 e. The molecule has 0 heterocycles. The van der Waals surface area contributed by atoms with Crippen molar-refractivity contribution in [1.82, 2.24) is 0 Å². The van der Waals surface area contributed by atoms with Gasteiger partial charge in [0, 0.05) is 16.0 Å². The monoisotopic (exact) mass is 427 g/mol. The molecule has 1 nitrogen and oxygen atoms in total. The Labute approximate surface area is 179 Å². The summed E-state index contributed by atoms with van der Waals surface area (Å²) in [6, 6.07) is 5.16. The summed E-state index contributed by atoms with van der Waals surface area (Å²) in [4.78, 5) is 0. The van der Waals surface area contributed by atoms with E-state index in [4.69, 9.17) is 11.6 Å². The molecule has 0 atom stereocenters. The number of hydrogen-bond acceptors (Lipinski definition) is 1. The molecule has 1 aliphatic rings. The van der Waals surface area contributed by atoms with Crippen LogP contribution in [0.5, 0.6) is 5.75 Å². The molecule has 0 aliphatic heterocycles. The van der Waals surface area contributed by atoms with Gasteiger partial charge < -0.3 is 20.0 Å². The minimum atomic E-state index is 0. The van der Waals surface area contributed by atoms with Gasteiger partial charge in [0.1, 0.15) is 5.75 Å². The fourth-order valence-corrected chi connectivity index (χ4v) is 1.58. The fourth-order valence-electron chi connectivity index (χ4n) is 1.35. The molecule has 0 saturated heterocycles. The molecule has 1 aliphatic carbocycles. The van der Waals surface area contributed by atoms with Gasteiger partial charge in [0.15, 0.2) is 0 Å². The third-order valence-corrected chi connectivity index (χ3v) is 2.55. The van der Waals surface area contributed by atoms with Crippen molar-refractivity contribution in [3.05, 3.63) is 67.9 Å². The number of benzene rings is 1. The summed E-state index contributed by atoms with van der Waals surface area (Å²) in [6.07, 6.45) is 10.0. The Morgan fingerprint density at radius 1 is 1.09 bits per heavy atom. The Bertz CT molecular complexity index is 414. The number of phenols is 1. The summed E-state index contributed by atoms with van der Waals surface area (Å²) < 4.78 is 0. The van der Waals surface area contributed by atoms with Gasteiger partial charge in [-0.2, -0.15) is 6.08 Å². The predicted octanol–water partition coefficient (Wildman–Crippen LogP) is 6.01. The van der Waals surface area contributed by atoms with Gasteiger partial charge in [-0.1, -0.05) is 32.4 Å². The summed E-state index contributed by atoms with van der Waals surface area (Å²) in [6.45, 7) is 6.24. The molecular formula is C17H26Cl3OSiTi. The van der Waals surface area contributed by atoms with Crippen molar-refractivity contribution < 1.29 is 26.8 Å². The summed E-state index contributed by atoms with van der Waals surface area (Å²) in [5.41, 5.74) is 1.08. The SMILES string of the molecule is CC(C)(C)c1cc(O)cc(Cl)c1.Cl.Cl.[C-]1=CC=CC1.[CH3-].[CH3-].[Si].[Ti+3]. The first-order valence-electron chi connectivity index (χ1n) is 5.61. The average molecular weight is 429 g/mol. The van der Waals surface area contributed by atoms with Crippen LogP contribution in [-0.4, -0.2) is 16.1 Å². The first-order chi connectivity index (χ1) is 7.89.